The minimum Gasteiger partial charge on any atom is -0.497 e. The third-order valence-electron chi connectivity index (χ3n) is 2.79. The maximum Gasteiger partial charge on any atom is 0.120 e. The van der Waals surface area contributed by atoms with Gasteiger partial charge in [0.05, 0.1) is 12.8 Å². The fourth-order valence-corrected chi connectivity index (χ4v) is 2.02. The van der Waals surface area contributed by atoms with E-state index in [1.165, 1.54) is 5.56 Å². The molecule has 0 spiro atoms. The number of methoxy groups -OCH3 is 1. The molecule has 0 unspecified atom stereocenters. The zero-order valence-corrected chi connectivity index (χ0v) is 11.8. The van der Waals surface area contributed by atoms with Crippen molar-refractivity contribution in [2.45, 2.75) is 6.92 Å². The predicted molar refractivity (Wildman–Crippen MR) is 83.3 cm³/mol. The Labute approximate surface area is 118 Å². The highest BCUT2D eigenvalue weighted by atomic mass is 32.1. The summed E-state index contributed by atoms with van der Waals surface area (Å²) >= 11 is 5.07. The van der Waals surface area contributed by atoms with E-state index in [4.69, 9.17) is 22.7 Å². The molecule has 0 radical (unpaired) electrons. The molecular weight excluding hydrogens is 256 g/mol. The maximum absolute atomic E-state index is 5.74. The van der Waals surface area contributed by atoms with Crippen molar-refractivity contribution in [3.63, 3.8) is 0 Å². The number of anilines is 2. The van der Waals surface area contributed by atoms with Crippen LogP contribution in [-0.4, -0.2) is 12.1 Å². The van der Waals surface area contributed by atoms with Crippen LogP contribution in [0.25, 0.3) is 0 Å². The molecule has 2 aromatic rings. The Morgan fingerprint density at radius 3 is 2.63 bits per heavy atom. The van der Waals surface area contributed by atoms with E-state index in [0.717, 1.165) is 22.7 Å². The quantitative estimate of drug-likeness (QED) is 0.838. The Hall–Kier alpha value is -2.07. The summed E-state index contributed by atoms with van der Waals surface area (Å²) in [6, 6.07) is 13.7. The van der Waals surface area contributed by atoms with Gasteiger partial charge in [-0.05, 0) is 36.8 Å². The lowest BCUT2D eigenvalue weighted by Crippen LogP contribution is -2.12. The van der Waals surface area contributed by atoms with E-state index < -0.39 is 0 Å². The van der Waals surface area contributed by atoms with Crippen LogP contribution < -0.4 is 15.8 Å². The SMILES string of the molecule is COc1ccc(C(N)=S)c(Nc2cccc(C)c2)c1. The van der Waals surface area contributed by atoms with Gasteiger partial charge in [-0.25, -0.2) is 0 Å². The largest absolute Gasteiger partial charge is 0.497 e. The minimum atomic E-state index is 0.359. The summed E-state index contributed by atoms with van der Waals surface area (Å²) < 4.78 is 5.23. The molecule has 0 fully saturated rings. The zero-order chi connectivity index (χ0) is 13.8. The summed E-state index contributed by atoms with van der Waals surface area (Å²) in [5, 5.41) is 3.32. The lowest BCUT2D eigenvalue weighted by molar-refractivity contribution is 0.415. The second-order valence-corrected chi connectivity index (χ2v) is 4.71. The van der Waals surface area contributed by atoms with Crippen molar-refractivity contribution in [1.29, 1.82) is 0 Å². The molecule has 0 saturated carbocycles. The smallest absolute Gasteiger partial charge is 0.120 e. The van der Waals surface area contributed by atoms with Crippen LogP contribution in [0.15, 0.2) is 42.5 Å². The molecule has 0 amide bonds. The number of aryl methyl sites for hydroxylation is 1. The molecule has 98 valence electrons. The van der Waals surface area contributed by atoms with Crippen LogP contribution in [-0.2, 0) is 0 Å². The molecular formula is C15H16N2OS. The van der Waals surface area contributed by atoms with Gasteiger partial charge in [-0.15, -0.1) is 0 Å². The van der Waals surface area contributed by atoms with Crippen molar-refractivity contribution >= 4 is 28.6 Å². The van der Waals surface area contributed by atoms with Crippen LogP contribution in [0, 0.1) is 6.92 Å². The van der Waals surface area contributed by atoms with Gasteiger partial charge in [0.25, 0.3) is 0 Å². The Morgan fingerprint density at radius 2 is 2.00 bits per heavy atom. The molecule has 0 saturated heterocycles. The van der Waals surface area contributed by atoms with Gasteiger partial charge in [0.2, 0.25) is 0 Å². The van der Waals surface area contributed by atoms with Crippen molar-refractivity contribution in [2.24, 2.45) is 5.73 Å². The van der Waals surface area contributed by atoms with Crippen LogP contribution >= 0.6 is 12.2 Å². The average Bonchev–Trinajstić information content (AvgIpc) is 2.38. The predicted octanol–water partition coefficient (Wildman–Crippen LogP) is 3.38. The first-order valence-corrected chi connectivity index (χ1v) is 6.32. The van der Waals surface area contributed by atoms with E-state index in [9.17, 15) is 0 Å². The van der Waals surface area contributed by atoms with Crippen molar-refractivity contribution in [3.8, 4) is 5.75 Å². The van der Waals surface area contributed by atoms with Gasteiger partial charge < -0.3 is 15.8 Å². The van der Waals surface area contributed by atoms with E-state index in [-0.39, 0.29) is 0 Å². The molecule has 0 aromatic heterocycles. The number of nitrogens with one attached hydrogen (secondary N) is 1. The van der Waals surface area contributed by atoms with E-state index >= 15 is 0 Å². The molecule has 19 heavy (non-hydrogen) atoms. The van der Waals surface area contributed by atoms with Gasteiger partial charge >= 0.3 is 0 Å². The highest BCUT2D eigenvalue weighted by Gasteiger charge is 2.07. The second kappa shape index (κ2) is 5.71. The van der Waals surface area contributed by atoms with Crippen molar-refractivity contribution in [3.05, 3.63) is 53.6 Å². The third-order valence-corrected chi connectivity index (χ3v) is 3.01. The molecule has 0 heterocycles. The van der Waals surface area contributed by atoms with Gasteiger partial charge in [-0.3, -0.25) is 0 Å². The highest BCUT2D eigenvalue weighted by molar-refractivity contribution is 7.80. The van der Waals surface area contributed by atoms with Crippen LogP contribution in [0.5, 0.6) is 5.75 Å². The number of benzene rings is 2. The van der Waals surface area contributed by atoms with Crippen LogP contribution in [0.4, 0.5) is 11.4 Å². The Bertz CT molecular complexity index is 611. The van der Waals surface area contributed by atoms with Gasteiger partial charge in [0.15, 0.2) is 0 Å². The summed E-state index contributed by atoms with van der Waals surface area (Å²) in [4.78, 5) is 0.359. The summed E-state index contributed by atoms with van der Waals surface area (Å²) in [7, 11) is 1.63. The van der Waals surface area contributed by atoms with Gasteiger partial charge in [-0.2, -0.15) is 0 Å². The van der Waals surface area contributed by atoms with Crippen molar-refractivity contribution in [2.75, 3.05) is 12.4 Å². The number of hydrogen-bond donors (Lipinski definition) is 2. The zero-order valence-electron chi connectivity index (χ0n) is 10.9. The van der Waals surface area contributed by atoms with Gasteiger partial charge in [-0.1, -0.05) is 24.4 Å². The van der Waals surface area contributed by atoms with Crippen LogP contribution in [0.2, 0.25) is 0 Å². The average molecular weight is 272 g/mol. The Kier molecular flexibility index (Phi) is 4.02. The van der Waals surface area contributed by atoms with E-state index in [0.29, 0.717) is 4.99 Å². The van der Waals surface area contributed by atoms with E-state index in [1.54, 1.807) is 7.11 Å². The van der Waals surface area contributed by atoms with Gasteiger partial charge in [0.1, 0.15) is 10.7 Å². The van der Waals surface area contributed by atoms with E-state index in [2.05, 4.69) is 11.4 Å². The summed E-state index contributed by atoms with van der Waals surface area (Å²) in [5.41, 5.74) is 9.56. The molecule has 0 aliphatic carbocycles. The molecule has 2 aromatic carbocycles. The molecule has 0 aliphatic rings. The lowest BCUT2D eigenvalue weighted by atomic mass is 10.1. The van der Waals surface area contributed by atoms with Crippen LogP contribution in [0.1, 0.15) is 11.1 Å². The lowest BCUT2D eigenvalue weighted by Gasteiger charge is -2.13. The molecule has 4 heteroatoms. The highest BCUT2D eigenvalue weighted by Crippen LogP contribution is 2.26. The summed E-state index contributed by atoms with van der Waals surface area (Å²) in [5.74, 6) is 0.759. The standard InChI is InChI=1S/C15H16N2OS/c1-10-4-3-5-11(8-10)17-14-9-12(18-2)6-7-13(14)15(16)19/h3-9,17H,1-2H3,(H2,16,19). The number of ether oxygens (including phenoxy) is 1. The summed E-state index contributed by atoms with van der Waals surface area (Å²) in [6.07, 6.45) is 0. The van der Waals surface area contributed by atoms with Gasteiger partial charge in [0, 0.05) is 17.3 Å². The number of thiocarbonyl (C=S) groups is 1. The molecule has 0 aliphatic heterocycles. The number of rotatable bonds is 4. The normalized spacial score (nSPS) is 10.0. The number of nitrogens with two attached hydrogens (primary N) is 1. The molecule has 0 bridgehead atoms. The van der Waals surface area contributed by atoms with Crippen LogP contribution in [0.3, 0.4) is 0 Å². The minimum absolute atomic E-state index is 0.359. The molecule has 3 nitrogen and oxygen atoms in total. The Balaban J connectivity index is 2.39. The third kappa shape index (κ3) is 3.23. The maximum atomic E-state index is 5.74. The summed E-state index contributed by atoms with van der Waals surface area (Å²) in [6.45, 7) is 2.05. The Morgan fingerprint density at radius 1 is 1.21 bits per heavy atom. The first-order valence-electron chi connectivity index (χ1n) is 5.91. The fourth-order valence-electron chi connectivity index (χ4n) is 1.85. The fraction of sp³-hybridized carbons (Fsp3) is 0.133. The molecule has 0 atom stereocenters. The molecule has 2 rings (SSSR count). The van der Waals surface area contributed by atoms with E-state index in [1.807, 2.05) is 43.3 Å². The monoisotopic (exact) mass is 272 g/mol. The first kappa shape index (κ1) is 13.4. The first-order chi connectivity index (χ1) is 9.10. The van der Waals surface area contributed by atoms with Crippen molar-refractivity contribution in [1.82, 2.24) is 0 Å². The molecule has 3 N–H and O–H groups in total. The topological polar surface area (TPSA) is 47.3 Å². The second-order valence-electron chi connectivity index (χ2n) is 4.27. The van der Waals surface area contributed by atoms with Crippen molar-refractivity contribution < 1.29 is 4.74 Å². The number of hydrogen-bond acceptors (Lipinski definition) is 3.